The topological polar surface area (TPSA) is 144 Å². The van der Waals surface area contributed by atoms with E-state index >= 15 is 0 Å². The van der Waals surface area contributed by atoms with Crippen molar-refractivity contribution in [2.75, 3.05) is 0 Å². The predicted molar refractivity (Wildman–Crippen MR) is 204 cm³/mol. The number of hydrogen-bond donors (Lipinski definition) is 2. The van der Waals surface area contributed by atoms with E-state index in [1.165, 1.54) is 6.07 Å². The molecule has 2 aromatic rings. The van der Waals surface area contributed by atoms with E-state index in [-0.39, 0.29) is 58.2 Å². The van der Waals surface area contributed by atoms with Crippen LogP contribution in [0, 0.1) is 62.0 Å². The van der Waals surface area contributed by atoms with E-state index in [0.29, 0.717) is 35.6 Å². The van der Waals surface area contributed by atoms with Crippen LogP contribution in [0.15, 0.2) is 29.5 Å². The summed E-state index contributed by atoms with van der Waals surface area (Å²) < 4.78 is 21.6. The van der Waals surface area contributed by atoms with Crippen molar-refractivity contribution in [1.29, 1.82) is 0 Å². The lowest BCUT2D eigenvalue weighted by Crippen LogP contribution is -2.66. The van der Waals surface area contributed by atoms with Crippen molar-refractivity contribution in [3.63, 3.8) is 0 Å². The van der Waals surface area contributed by atoms with Crippen molar-refractivity contribution in [3.8, 4) is 11.5 Å². The lowest BCUT2D eigenvalue weighted by atomic mass is 9.33. The summed E-state index contributed by atoms with van der Waals surface area (Å²) in [7, 11) is 1.80. The summed E-state index contributed by atoms with van der Waals surface area (Å²) in [6.45, 7) is 19.3. The van der Waals surface area contributed by atoms with Crippen LogP contribution >= 0.6 is 0 Å². The maximum Gasteiger partial charge on any atom is 0.309 e. The minimum absolute atomic E-state index is 0.00590. The molecule has 2 heterocycles. The van der Waals surface area contributed by atoms with E-state index in [2.05, 4.69) is 63.6 Å². The number of carboxylic acid groups (broad SMARTS) is 1. The van der Waals surface area contributed by atoms with Gasteiger partial charge in [-0.2, -0.15) is 0 Å². The van der Waals surface area contributed by atoms with Crippen LogP contribution in [0.3, 0.4) is 0 Å². The van der Waals surface area contributed by atoms with Crippen LogP contribution in [0.5, 0.6) is 0 Å². The van der Waals surface area contributed by atoms with Crippen LogP contribution in [-0.2, 0) is 26.2 Å². The summed E-state index contributed by atoms with van der Waals surface area (Å²) in [5.41, 5.74) is 0.0704. The molecule has 0 amide bonds. The van der Waals surface area contributed by atoms with Crippen molar-refractivity contribution in [1.82, 2.24) is 19.7 Å². The molecular formula is C44H61FN4O6. The highest BCUT2D eigenvalue weighted by Crippen LogP contribution is 2.77. The fourth-order valence-corrected chi connectivity index (χ4v) is 13.4. The highest BCUT2D eigenvalue weighted by atomic mass is 19.1. The summed E-state index contributed by atoms with van der Waals surface area (Å²) in [6, 6.07) is 2.88. The first-order valence-corrected chi connectivity index (χ1v) is 20.4. The van der Waals surface area contributed by atoms with Crippen molar-refractivity contribution in [3.05, 3.63) is 41.1 Å². The van der Waals surface area contributed by atoms with Gasteiger partial charge < -0.3 is 19.5 Å². The van der Waals surface area contributed by atoms with Crippen molar-refractivity contribution in [2.24, 2.45) is 63.2 Å². The van der Waals surface area contributed by atoms with E-state index < -0.39 is 34.7 Å². The number of carbonyl (C=O) groups excluding carboxylic acids is 2. The molecule has 0 radical (unpaired) electrons. The molecule has 0 aliphatic heterocycles. The zero-order chi connectivity index (χ0) is 40.3. The molecule has 4 saturated carbocycles. The van der Waals surface area contributed by atoms with Gasteiger partial charge in [0.2, 0.25) is 0 Å². The fourth-order valence-electron chi connectivity index (χ4n) is 13.4. The summed E-state index contributed by atoms with van der Waals surface area (Å²) in [5.74, 6) is -0.0840. The molecule has 0 spiro atoms. The second kappa shape index (κ2) is 13.0. The number of halogens is 1. The Hall–Kier alpha value is -3.47. The Balaban J connectivity index is 1.21. The van der Waals surface area contributed by atoms with Gasteiger partial charge in [-0.15, -0.1) is 10.2 Å². The molecule has 0 unspecified atom stereocenters. The number of allylic oxidation sites excluding steroid dienone is 1. The van der Waals surface area contributed by atoms with Gasteiger partial charge in [-0.3, -0.25) is 14.4 Å². The second-order valence-corrected chi connectivity index (χ2v) is 20.3. The second-order valence-electron chi connectivity index (χ2n) is 20.3. The molecule has 2 N–H and O–H groups in total. The molecule has 4 fully saturated rings. The lowest BCUT2D eigenvalue weighted by Gasteiger charge is -2.72. The van der Waals surface area contributed by atoms with E-state index in [0.717, 1.165) is 62.3 Å². The van der Waals surface area contributed by atoms with Gasteiger partial charge in [0, 0.05) is 24.3 Å². The third-order valence-corrected chi connectivity index (χ3v) is 16.5. The monoisotopic (exact) mass is 760 g/mol. The van der Waals surface area contributed by atoms with E-state index in [4.69, 9.17) is 4.74 Å². The number of Topliss-reactive ketones (excluding diaryl/α,β-unsaturated/α-hetero) is 1. The summed E-state index contributed by atoms with van der Waals surface area (Å²) in [4.78, 5) is 43.3. The molecule has 11 heteroatoms. The number of aliphatic hydroxyl groups excluding tert-OH is 1. The molecule has 5 aliphatic carbocycles. The Morgan fingerprint density at radius 1 is 0.982 bits per heavy atom. The molecule has 300 valence electrons. The van der Waals surface area contributed by atoms with Gasteiger partial charge in [0.15, 0.2) is 17.4 Å². The number of ether oxygens (including phenoxy) is 1. The van der Waals surface area contributed by atoms with Gasteiger partial charge in [-0.05, 0) is 128 Å². The molecule has 10 nitrogen and oxygen atoms in total. The zero-order valence-electron chi connectivity index (χ0n) is 34.5. The number of rotatable bonds is 8. The van der Waals surface area contributed by atoms with E-state index in [1.54, 1.807) is 31.5 Å². The molecule has 5 aliphatic rings. The molecule has 2 aromatic heterocycles. The first kappa shape index (κ1) is 39.8. The zero-order valence-corrected chi connectivity index (χ0v) is 34.5. The Kier molecular flexibility index (Phi) is 9.42. The Bertz CT molecular complexity index is 1930. The number of esters is 1. The molecule has 0 saturated heterocycles. The number of aliphatic hydroxyl groups is 1. The quantitative estimate of drug-likeness (QED) is 0.253. The van der Waals surface area contributed by atoms with Gasteiger partial charge in [0.25, 0.3) is 0 Å². The first-order valence-electron chi connectivity index (χ1n) is 20.4. The molecule has 9 atom stereocenters. The Morgan fingerprint density at radius 2 is 1.69 bits per heavy atom. The Morgan fingerprint density at radius 3 is 2.33 bits per heavy atom. The molecule has 0 aromatic carbocycles. The van der Waals surface area contributed by atoms with Crippen LogP contribution in [0.2, 0.25) is 0 Å². The van der Waals surface area contributed by atoms with Crippen molar-refractivity contribution >= 4 is 17.7 Å². The SMILES string of the molecule is CC(C)C1=C2[C@H]3CC[C@@H]4[C@@]5(C)CC[C@H](OC(=O)CC(C)(C)C(=O)O)C(C)(C)[C@@H]5CC[C@@]4(C)[C@]3(C)CC[C@@]2([C@H](O)c2nnc(-c3ccc(F)cn3)n2C)CC1=O. The number of pyridine rings is 1. The van der Waals surface area contributed by atoms with E-state index in [1.807, 2.05) is 0 Å². The Labute approximate surface area is 325 Å². The molecular weight excluding hydrogens is 700 g/mol. The van der Waals surface area contributed by atoms with Gasteiger partial charge in [-0.1, -0.05) is 48.5 Å². The molecule has 7 rings (SSSR count). The third-order valence-electron chi connectivity index (χ3n) is 16.5. The number of fused-ring (bicyclic) bond motifs is 7. The number of nitrogens with zero attached hydrogens (tertiary/aromatic N) is 4. The number of carbonyl (C=O) groups is 3. The number of ketones is 1. The number of aliphatic carboxylic acids is 1. The minimum atomic E-state index is -1.19. The van der Waals surface area contributed by atoms with E-state index in [9.17, 15) is 29.0 Å². The normalized spacial score (nSPS) is 36.1. The smallest absolute Gasteiger partial charge is 0.309 e. The van der Waals surface area contributed by atoms with Crippen LogP contribution < -0.4 is 0 Å². The third kappa shape index (κ3) is 5.70. The van der Waals surface area contributed by atoms with Gasteiger partial charge in [0.05, 0.1) is 18.0 Å². The van der Waals surface area contributed by atoms with Crippen molar-refractivity contribution < 1.29 is 33.7 Å². The summed E-state index contributed by atoms with van der Waals surface area (Å²) in [6.07, 6.45) is 7.06. The average Bonchev–Trinajstić information content (AvgIpc) is 3.63. The maximum absolute atomic E-state index is 14.2. The lowest BCUT2D eigenvalue weighted by molar-refractivity contribution is -0.235. The standard InChI is InChI=1S/C44H61FN4O6/c1-24(2)33-28(50)21-44(35(52)37-48-47-36(49(37)10)27-13-11-25(45)23-46-27)20-19-42(8)26(34(33)44)12-14-30-41(7)17-16-31(55-32(51)22-39(3,4)38(53)54)40(5,6)29(41)15-18-43(30,42)9/h11,13,23-24,26,29-31,35,52H,12,14-22H2,1-10H3,(H,53,54)/t26-,29+,30-,31+,35-,41+,42-,43-,44-/m1/s1. The summed E-state index contributed by atoms with van der Waals surface area (Å²) in [5, 5.41) is 31.1. The highest BCUT2D eigenvalue weighted by Gasteiger charge is 2.71. The van der Waals surface area contributed by atoms with Gasteiger partial charge in [0.1, 0.15) is 23.7 Å². The number of hydrogen-bond acceptors (Lipinski definition) is 8. The molecule has 55 heavy (non-hydrogen) atoms. The van der Waals surface area contributed by atoms with Crippen LogP contribution in [0.4, 0.5) is 4.39 Å². The van der Waals surface area contributed by atoms with Gasteiger partial charge in [-0.25, -0.2) is 9.37 Å². The first-order chi connectivity index (χ1) is 25.5. The average molecular weight is 761 g/mol. The van der Waals surface area contributed by atoms with Crippen molar-refractivity contribution in [2.45, 2.75) is 139 Å². The minimum Gasteiger partial charge on any atom is -0.481 e. The van der Waals surface area contributed by atoms with Crippen LogP contribution in [0.1, 0.15) is 138 Å². The fraction of sp³-hybridized carbons (Fsp3) is 0.727. The largest absolute Gasteiger partial charge is 0.481 e. The summed E-state index contributed by atoms with van der Waals surface area (Å²) >= 11 is 0. The van der Waals surface area contributed by atoms with Gasteiger partial charge >= 0.3 is 11.9 Å². The number of carboxylic acids is 1. The predicted octanol–water partition coefficient (Wildman–Crippen LogP) is 8.44. The maximum atomic E-state index is 14.2. The highest BCUT2D eigenvalue weighted by molar-refractivity contribution is 6.00. The number of aromatic nitrogens is 4. The molecule has 0 bridgehead atoms. The van der Waals surface area contributed by atoms with Crippen LogP contribution in [0.25, 0.3) is 11.5 Å². The van der Waals surface area contributed by atoms with Crippen LogP contribution in [-0.4, -0.2) is 53.8 Å².